The van der Waals surface area contributed by atoms with Crippen molar-refractivity contribution in [2.45, 2.75) is 25.8 Å². The quantitative estimate of drug-likeness (QED) is 0.905. The topological polar surface area (TPSA) is 59.1 Å². The maximum atomic E-state index is 11.7. The maximum absolute atomic E-state index is 11.7. The summed E-state index contributed by atoms with van der Waals surface area (Å²) >= 11 is 3.36. The lowest BCUT2D eigenvalue weighted by Crippen LogP contribution is -2.31. The predicted octanol–water partition coefficient (Wildman–Crippen LogP) is 2.23. The van der Waals surface area contributed by atoms with E-state index in [0.717, 1.165) is 22.9 Å². The molecule has 1 saturated carbocycles. The fourth-order valence-corrected chi connectivity index (χ4v) is 3.01. The first-order chi connectivity index (χ1) is 8.02. The molecule has 0 spiro atoms. The zero-order valence-corrected chi connectivity index (χ0v) is 12.0. The molecule has 1 aliphatic carbocycles. The lowest BCUT2D eigenvalue weighted by atomic mass is 10.1. The van der Waals surface area contributed by atoms with Crippen molar-refractivity contribution < 1.29 is 8.42 Å². The van der Waals surface area contributed by atoms with E-state index in [1.54, 1.807) is 19.3 Å². The molecule has 0 radical (unpaired) electrons. The highest BCUT2D eigenvalue weighted by Crippen LogP contribution is 2.41. The summed E-state index contributed by atoms with van der Waals surface area (Å²) in [5, 5.41) is 0. The van der Waals surface area contributed by atoms with Crippen LogP contribution in [0.2, 0.25) is 0 Å². The van der Waals surface area contributed by atoms with Gasteiger partial charge in [-0.05, 0) is 53.2 Å². The van der Waals surface area contributed by atoms with Crippen LogP contribution in [0.3, 0.4) is 0 Å². The van der Waals surface area contributed by atoms with E-state index in [4.69, 9.17) is 0 Å². The molecule has 94 valence electrons. The molecule has 0 saturated heterocycles. The molecule has 1 aliphatic rings. The average molecular weight is 319 g/mol. The number of hydrogen-bond donors (Lipinski definition) is 1. The van der Waals surface area contributed by atoms with E-state index < -0.39 is 10.0 Å². The summed E-state index contributed by atoms with van der Waals surface area (Å²) in [6.45, 7) is 1.64. The van der Waals surface area contributed by atoms with Crippen molar-refractivity contribution >= 4 is 26.0 Å². The molecule has 1 aromatic rings. The lowest BCUT2D eigenvalue weighted by Gasteiger charge is -2.18. The zero-order valence-electron chi connectivity index (χ0n) is 9.56. The molecule has 0 aromatic carbocycles. The van der Waals surface area contributed by atoms with Crippen LogP contribution in [0.1, 0.15) is 31.4 Å². The highest BCUT2D eigenvalue weighted by molar-refractivity contribution is 9.10. The zero-order chi connectivity index (χ0) is 12.5. The van der Waals surface area contributed by atoms with E-state index in [0.29, 0.717) is 5.92 Å². The van der Waals surface area contributed by atoms with Gasteiger partial charge in [0.2, 0.25) is 10.0 Å². The molecule has 4 nitrogen and oxygen atoms in total. The molecule has 1 aromatic heterocycles. The van der Waals surface area contributed by atoms with Gasteiger partial charge in [0.25, 0.3) is 0 Å². The van der Waals surface area contributed by atoms with Gasteiger partial charge in [0, 0.05) is 16.9 Å². The summed E-state index contributed by atoms with van der Waals surface area (Å²) in [7, 11) is -3.18. The molecule has 1 N–H and O–H groups in total. The molecule has 6 heteroatoms. The van der Waals surface area contributed by atoms with Crippen molar-refractivity contribution in [3.8, 4) is 0 Å². The Morgan fingerprint density at radius 3 is 2.76 bits per heavy atom. The normalized spacial score (nSPS) is 18.0. The van der Waals surface area contributed by atoms with Crippen LogP contribution in [-0.4, -0.2) is 19.2 Å². The van der Waals surface area contributed by atoms with Gasteiger partial charge in [-0.3, -0.25) is 4.98 Å². The number of halogens is 1. The largest absolute Gasteiger partial charge is 0.263 e. The third-order valence-corrected chi connectivity index (χ3v) is 4.67. The van der Waals surface area contributed by atoms with E-state index in [-0.39, 0.29) is 11.8 Å². The van der Waals surface area contributed by atoms with Crippen molar-refractivity contribution in [3.05, 3.63) is 28.5 Å². The van der Waals surface area contributed by atoms with E-state index in [1.165, 1.54) is 0 Å². The van der Waals surface area contributed by atoms with Crippen LogP contribution in [0.25, 0.3) is 0 Å². The van der Waals surface area contributed by atoms with Gasteiger partial charge in [0.1, 0.15) is 0 Å². The first-order valence-electron chi connectivity index (χ1n) is 5.62. The molecular weight excluding hydrogens is 304 g/mol. The van der Waals surface area contributed by atoms with Gasteiger partial charge in [-0.2, -0.15) is 0 Å². The van der Waals surface area contributed by atoms with Gasteiger partial charge < -0.3 is 0 Å². The molecular formula is C11H15BrN2O2S. The first-order valence-corrected chi connectivity index (χ1v) is 8.07. The van der Waals surface area contributed by atoms with Crippen LogP contribution in [0.15, 0.2) is 22.9 Å². The smallest absolute Gasteiger partial charge is 0.211 e. The first kappa shape index (κ1) is 13.0. The van der Waals surface area contributed by atoms with Crippen LogP contribution >= 0.6 is 15.9 Å². The summed E-state index contributed by atoms with van der Waals surface area (Å²) in [5.74, 6) is 0.518. The minimum absolute atomic E-state index is 0.109. The second kappa shape index (κ2) is 5.04. The van der Waals surface area contributed by atoms with Crippen molar-refractivity contribution in [2.24, 2.45) is 5.92 Å². The number of pyridine rings is 1. The van der Waals surface area contributed by atoms with Gasteiger partial charge in [0.15, 0.2) is 0 Å². The molecule has 1 heterocycles. The Bertz CT molecular complexity index is 500. The van der Waals surface area contributed by atoms with Gasteiger partial charge >= 0.3 is 0 Å². The monoisotopic (exact) mass is 318 g/mol. The fourth-order valence-electron chi connectivity index (χ4n) is 1.74. The summed E-state index contributed by atoms with van der Waals surface area (Å²) in [4.78, 5) is 4.09. The molecule has 1 fully saturated rings. The van der Waals surface area contributed by atoms with E-state index in [9.17, 15) is 8.42 Å². The molecule has 0 amide bonds. The summed E-state index contributed by atoms with van der Waals surface area (Å²) in [5.41, 5.74) is 0.930. The van der Waals surface area contributed by atoms with Crippen molar-refractivity contribution in [2.75, 3.05) is 5.75 Å². The van der Waals surface area contributed by atoms with E-state index >= 15 is 0 Å². The third kappa shape index (κ3) is 3.50. The van der Waals surface area contributed by atoms with Crippen LogP contribution in [0, 0.1) is 5.92 Å². The number of rotatable bonds is 5. The Balaban J connectivity index is 2.24. The second-order valence-electron chi connectivity index (χ2n) is 4.27. The Kier molecular flexibility index (Phi) is 3.85. The highest BCUT2D eigenvalue weighted by Gasteiger charge is 2.34. The van der Waals surface area contributed by atoms with Gasteiger partial charge in [-0.1, -0.05) is 0 Å². The molecule has 1 atom stereocenters. The van der Waals surface area contributed by atoms with E-state index in [1.807, 2.05) is 6.07 Å². The molecule has 0 bridgehead atoms. The van der Waals surface area contributed by atoms with Crippen LogP contribution < -0.4 is 4.72 Å². The predicted molar refractivity (Wildman–Crippen MR) is 70.0 cm³/mol. The Hall–Kier alpha value is -0.460. The van der Waals surface area contributed by atoms with Crippen LogP contribution in [0.5, 0.6) is 0 Å². The number of hydrogen-bond acceptors (Lipinski definition) is 3. The number of sulfonamides is 1. The Morgan fingerprint density at radius 2 is 2.24 bits per heavy atom. The number of nitrogens with zero attached hydrogens (tertiary/aromatic N) is 1. The number of nitrogens with one attached hydrogen (secondary N) is 1. The second-order valence-corrected chi connectivity index (χ2v) is 7.23. The standard InChI is InChI=1S/C11H15BrN2O2S/c1-2-17(15,16)14-11(8-3-4-8)9-5-10(12)7-13-6-9/h5-8,11,14H,2-4H2,1H3/t11-/m1/s1. The van der Waals surface area contributed by atoms with E-state index in [2.05, 4.69) is 25.6 Å². The Labute approximate surface area is 110 Å². The third-order valence-electron chi connectivity index (χ3n) is 2.87. The molecule has 2 rings (SSSR count). The highest BCUT2D eigenvalue weighted by atomic mass is 79.9. The minimum atomic E-state index is -3.18. The SMILES string of the molecule is CCS(=O)(=O)N[C@@H](c1cncc(Br)c1)C1CC1. The van der Waals surface area contributed by atoms with Gasteiger partial charge in [0.05, 0.1) is 11.8 Å². The fraction of sp³-hybridized carbons (Fsp3) is 0.545. The maximum Gasteiger partial charge on any atom is 0.211 e. The molecule has 0 aliphatic heterocycles. The summed E-state index contributed by atoms with van der Waals surface area (Å²) in [6.07, 6.45) is 5.57. The minimum Gasteiger partial charge on any atom is -0.263 e. The lowest BCUT2D eigenvalue weighted by molar-refractivity contribution is 0.529. The van der Waals surface area contributed by atoms with Crippen LogP contribution in [0.4, 0.5) is 0 Å². The summed E-state index contributed by atoms with van der Waals surface area (Å²) < 4.78 is 26.9. The Morgan fingerprint density at radius 1 is 1.53 bits per heavy atom. The summed E-state index contributed by atoms with van der Waals surface area (Å²) in [6, 6.07) is 1.79. The average Bonchev–Trinajstić information content (AvgIpc) is 3.10. The van der Waals surface area contributed by atoms with Gasteiger partial charge in [-0.15, -0.1) is 0 Å². The van der Waals surface area contributed by atoms with Crippen LogP contribution in [-0.2, 0) is 10.0 Å². The molecule has 0 unspecified atom stereocenters. The van der Waals surface area contributed by atoms with Gasteiger partial charge in [-0.25, -0.2) is 13.1 Å². The van der Waals surface area contributed by atoms with Crippen molar-refractivity contribution in [1.29, 1.82) is 0 Å². The van der Waals surface area contributed by atoms with Crippen molar-refractivity contribution in [3.63, 3.8) is 0 Å². The molecule has 17 heavy (non-hydrogen) atoms. The number of aromatic nitrogens is 1. The van der Waals surface area contributed by atoms with Crippen molar-refractivity contribution in [1.82, 2.24) is 9.71 Å².